The van der Waals surface area contributed by atoms with Crippen molar-refractivity contribution in [1.29, 1.82) is 0 Å². The van der Waals surface area contributed by atoms with E-state index in [1.165, 1.54) is 0 Å². The van der Waals surface area contributed by atoms with Gasteiger partial charge in [-0.3, -0.25) is 14.9 Å². The van der Waals surface area contributed by atoms with E-state index in [-0.39, 0.29) is 0 Å². The number of halogens is 3. The van der Waals surface area contributed by atoms with Crippen LogP contribution in [0.5, 0.6) is 0 Å². The summed E-state index contributed by atoms with van der Waals surface area (Å²) in [6, 6.07) is 0. The van der Waals surface area contributed by atoms with Crippen molar-refractivity contribution < 1.29 is 27.7 Å². The molecule has 0 rings (SSSR count). The third-order valence-electron chi connectivity index (χ3n) is 0.832. The van der Waals surface area contributed by atoms with Crippen molar-refractivity contribution >= 4 is 11.7 Å². The van der Waals surface area contributed by atoms with Crippen molar-refractivity contribution in [3.8, 4) is 0 Å². The molecule has 0 bridgehead atoms. The van der Waals surface area contributed by atoms with Gasteiger partial charge in [0.25, 0.3) is 5.78 Å². The van der Waals surface area contributed by atoms with E-state index in [2.05, 4.69) is 0 Å². The fraction of sp³-hybridized carbons (Fsp3) is 0.500. The summed E-state index contributed by atoms with van der Waals surface area (Å²) >= 11 is 0. The summed E-state index contributed by atoms with van der Waals surface area (Å²) < 4.78 is 34.0. The Kier molecular flexibility index (Phi) is 2.88. The first-order valence-electron chi connectivity index (χ1n) is 2.52. The number of alkyl halides is 3. The van der Waals surface area contributed by atoms with Gasteiger partial charge < -0.3 is 0 Å². The van der Waals surface area contributed by atoms with E-state index in [9.17, 15) is 32.9 Å². The molecular weight excluding hydrogens is 183 g/mol. The average molecular weight is 185 g/mol. The zero-order chi connectivity index (χ0) is 9.94. The molecule has 0 aromatic rings. The summed E-state index contributed by atoms with van der Waals surface area (Å²) in [7, 11) is 0. The highest BCUT2D eigenvalue weighted by Crippen LogP contribution is 2.17. The minimum Gasteiger partial charge on any atom is -0.289 e. The summed E-state index contributed by atoms with van der Waals surface area (Å²) in [5, 5.41) is 9.50. The smallest absolute Gasteiger partial charge is 0.289 e. The van der Waals surface area contributed by atoms with Crippen molar-refractivity contribution in [3.63, 3.8) is 0 Å². The number of nitro groups is 1. The molecule has 0 atom stereocenters. The lowest BCUT2D eigenvalue weighted by Crippen LogP contribution is -2.27. The lowest BCUT2D eigenvalue weighted by Gasteiger charge is -1.99. The Morgan fingerprint density at radius 2 is 1.75 bits per heavy atom. The highest BCUT2D eigenvalue weighted by Gasteiger charge is 2.41. The zero-order valence-corrected chi connectivity index (χ0v) is 5.42. The molecule has 0 N–H and O–H groups in total. The van der Waals surface area contributed by atoms with E-state index in [4.69, 9.17) is 0 Å². The maximum absolute atomic E-state index is 11.3. The number of hydrogen-bond acceptors (Lipinski definition) is 4. The van der Waals surface area contributed by atoms with Crippen LogP contribution in [0.1, 0.15) is 6.42 Å². The number of nitrogens with zero attached hydrogens (tertiary/aromatic N) is 1. The molecule has 0 saturated carbocycles. The van der Waals surface area contributed by atoms with Crippen LogP contribution in [0.15, 0.2) is 0 Å². The summed E-state index contributed by atoms with van der Waals surface area (Å²) in [6.07, 6.45) is -6.93. The lowest BCUT2D eigenvalue weighted by molar-refractivity contribution is -0.401. The lowest BCUT2D eigenvalue weighted by atomic mass is 10.3. The standard InChI is InChI=1S/C4H2F3NO4/c5-4(6,7)2(9)1-3(10)8(11)12/h1H2. The predicted octanol–water partition coefficient (Wildman–Crippen LogP) is 0.311. The molecule has 5 nitrogen and oxygen atoms in total. The van der Waals surface area contributed by atoms with E-state index >= 15 is 0 Å². The van der Waals surface area contributed by atoms with Gasteiger partial charge in [0.05, 0.1) is 0 Å². The molecular formula is C4H2F3NO4. The molecule has 68 valence electrons. The minimum atomic E-state index is -5.19. The monoisotopic (exact) mass is 185 g/mol. The molecule has 12 heavy (non-hydrogen) atoms. The molecule has 0 radical (unpaired) electrons. The van der Waals surface area contributed by atoms with Crippen molar-refractivity contribution in [2.75, 3.05) is 0 Å². The molecule has 0 fully saturated rings. The first kappa shape index (κ1) is 10.5. The number of rotatable bonds is 2. The Morgan fingerprint density at radius 1 is 1.33 bits per heavy atom. The SMILES string of the molecule is O=C(CC(=O)C(F)(F)F)[N+](=O)[O-]. The van der Waals surface area contributed by atoms with Crippen LogP contribution in [-0.4, -0.2) is 22.8 Å². The second-order valence-electron chi connectivity index (χ2n) is 1.75. The number of Topliss-reactive ketones (excluding diaryl/α,β-unsaturated/α-hetero) is 1. The number of carbonyl (C=O) groups excluding carboxylic acids is 2. The maximum Gasteiger partial charge on any atom is 0.452 e. The molecule has 0 heterocycles. The Labute approximate surface area is 63.3 Å². The third kappa shape index (κ3) is 3.08. The van der Waals surface area contributed by atoms with Gasteiger partial charge in [0, 0.05) is 0 Å². The summed E-state index contributed by atoms with van der Waals surface area (Å²) in [4.78, 5) is 27.8. The molecule has 0 aromatic heterocycles. The van der Waals surface area contributed by atoms with Crippen LogP contribution >= 0.6 is 0 Å². The Hall–Kier alpha value is -1.47. The second kappa shape index (κ2) is 3.28. The summed E-state index contributed by atoms with van der Waals surface area (Å²) in [5.74, 6) is -4.37. The Bertz CT molecular complexity index is 233. The van der Waals surface area contributed by atoms with Gasteiger partial charge in [-0.05, 0) is 0 Å². The van der Waals surface area contributed by atoms with Gasteiger partial charge in [0.1, 0.15) is 11.3 Å². The van der Waals surface area contributed by atoms with Crippen LogP contribution in [0.25, 0.3) is 0 Å². The van der Waals surface area contributed by atoms with E-state index in [0.29, 0.717) is 0 Å². The highest BCUT2D eigenvalue weighted by atomic mass is 19.4. The van der Waals surface area contributed by atoms with E-state index in [1.54, 1.807) is 0 Å². The molecule has 1 amide bonds. The van der Waals surface area contributed by atoms with Crippen LogP contribution in [0.3, 0.4) is 0 Å². The van der Waals surface area contributed by atoms with E-state index in [0.717, 1.165) is 0 Å². The van der Waals surface area contributed by atoms with Gasteiger partial charge in [-0.15, -0.1) is 0 Å². The van der Waals surface area contributed by atoms with Crippen LogP contribution in [0.2, 0.25) is 0 Å². The predicted molar refractivity (Wildman–Crippen MR) is 27.7 cm³/mol. The first-order chi connectivity index (χ1) is 5.25. The van der Waals surface area contributed by atoms with Gasteiger partial charge in [-0.25, -0.2) is 4.79 Å². The number of hydrogen-bond donors (Lipinski definition) is 0. The molecule has 0 aliphatic heterocycles. The quantitative estimate of drug-likeness (QED) is 0.352. The molecule has 0 saturated heterocycles. The number of amides is 1. The van der Waals surface area contributed by atoms with Gasteiger partial charge in [0.2, 0.25) is 0 Å². The number of ketones is 1. The van der Waals surface area contributed by atoms with Crippen molar-refractivity contribution in [2.45, 2.75) is 12.6 Å². The van der Waals surface area contributed by atoms with Crippen molar-refractivity contribution in [3.05, 3.63) is 10.1 Å². The summed E-state index contributed by atoms with van der Waals surface area (Å²) in [6.45, 7) is 0. The van der Waals surface area contributed by atoms with Crippen molar-refractivity contribution in [1.82, 2.24) is 0 Å². The van der Waals surface area contributed by atoms with Gasteiger partial charge in [-0.1, -0.05) is 0 Å². The first-order valence-corrected chi connectivity index (χ1v) is 2.52. The normalized spacial score (nSPS) is 10.9. The number of carbonyl (C=O) groups is 2. The molecule has 0 unspecified atom stereocenters. The highest BCUT2D eigenvalue weighted by molar-refractivity contribution is 5.97. The minimum absolute atomic E-state index is 1.57. The van der Waals surface area contributed by atoms with Crippen LogP contribution in [0.4, 0.5) is 13.2 Å². The molecule has 0 spiro atoms. The maximum atomic E-state index is 11.3. The van der Waals surface area contributed by atoms with Crippen LogP contribution in [-0.2, 0) is 9.59 Å². The van der Waals surface area contributed by atoms with Gasteiger partial charge in [-0.2, -0.15) is 13.2 Å². The molecule has 0 aliphatic rings. The molecule has 8 heteroatoms. The Morgan fingerprint density at radius 3 is 2.00 bits per heavy atom. The van der Waals surface area contributed by atoms with E-state index < -0.39 is 29.2 Å². The fourth-order valence-corrected chi connectivity index (χ4v) is 0.302. The topological polar surface area (TPSA) is 77.3 Å². The Balaban J connectivity index is 4.21. The fourth-order valence-electron chi connectivity index (χ4n) is 0.302. The van der Waals surface area contributed by atoms with Gasteiger partial charge >= 0.3 is 12.1 Å². The van der Waals surface area contributed by atoms with Crippen molar-refractivity contribution in [2.24, 2.45) is 0 Å². The van der Waals surface area contributed by atoms with Crippen LogP contribution in [0, 0.1) is 10.1 Å². The van der Waals surface area contributed by atoms with Gasteiger partial charge in [0.15, 0.2) is 0 Å². The molecule has 0 aromatic carbocycles. The largest absolute Gasteiger partial charge is 0.452 e. The average Bonchev–Trinajstić information content (AvgIpc) is 1.85. The van der Waals surface area contributed by atoms with E-state index in [1.807, 2.05) is 0 Å². The summed E-state index contributed by atoms with van der Waals surface area (Å²) in [5.41, 5.74) is 0. The molecule has 0 aliphatic carbocycles. The third-order valence-corrected chi connectivity index (χ3v) is 0.832. The van der Waals surface area contributed by atoms with Crippen LogP contribution < -0.4 is 0 Å². The second-order valence-corrected chi connectivity index (χ2v) is 1.75. The zero-order valence-electron chi connectivity index (χ0n) is 5.42.